The number of hydrogen-bond acceptors (Lipinski definition) is 5. The molecule has 1 N–H and O–H groups in total. The molecule has 1 atom stereocenters. The Morgan fingerprint density at radius 1 is 1.47 bits per heavy atom. The van der Waals surface area contributed by atoms with Gasteiger partial charge in [-0.3, -0.25) is 4.79 Å². The minimum absolute atomic E-state index is 0.202. The molecule has 102 valence electrons. The Labute approximate surface area is 111 Å². The Hall–Kier alpha value is -1.61. The molecule has 1 aliphatic heterocycles. The molecule has 1 saturated heterocycles. The summed E-state index contributed by atoms with van der Waals surface area (Å²) in [6, 6.07) is 1.35. The first-order valence-corrected chi connectivity index (χ1v) is 6.24. The van der Waals surface area contributed by atoms with Crippen LogP contribution in [0.3, 0.4) is 0 Å². The van der Waals surface area contributed by atoms with Gasteiger partial charge in [-0.2, -0.15) is 0 Å². The van der Waals surface area contributed by atoms with Crippen LogP contribution in [0.2, 0.25) is 0 Å². The minimum atomic E-state index is -0.288. The van der Waals surface area contributed by atoms with Gasteiger partial charge in [0, 0.05) is 12.7 Å². The first-order valence-electron chi connectivity index (χ1n) is 6.24. The van der Waals surface area contributed by atoms with Gasteiger partial charge in [0.1, 0.15) is 30.8 Å². The minimum Gasteiger partial charge on any atom is -0.465 e. The van der Waals surface area contributed by atoms with Crippen LogP contribution in [0.4, 0.5) is 0 Å². The Kier molecular flexibility index (Phi) is 5.16. The Balaban J connectivity index is 1.94. The van der Waals surface area contributed by atoms with Crippen molar-refractivity contribution in [3.05, 3.63) is 33.9 Å². The van der Waals surface area contributed by atoms with Crippen molar-refractivity contribution in [1.29, 1.82) is 0 Å². The lowest BCUT2D eigenvalue weighted by Crippen LogP contribution is -2.22. The van der Waals surface area contributed by atoms with Crippen LogP contribution in [0.1, 0.15) is 30.6 Å². The Morgan fingerprint density at radius 2 is 2.37 bits per heavy atom. The van der Waals surface area contributed by atoms with Crippen molar-refractivity contribution in [3.8, 4) is 11.8 Å². The summed E-state index contributed by atoms with van der Waals surface area (Å²) in [5.41, 5.74) is -0.0120. The molecule has 5 nitrogen and oxygen atoms in total. The zero-order valence-corrected chi connectivity index (χ0v) is 10.6. The number of aliphatic hydroxyl groups excluding tert-OH is 1. The average molecular weight is 264 g/mol. The first-order chi connectivity index (χ1) is 9.29. The van der Waals surface area contributed by atoms with Crippen LogP contribution >= 0.6 is 0 Å². The summed E-state index contributed by atoms with van der Waals surface area (Å²) < 4.78 is 16.2. The van der Waals surface area contributed by atoms with Crippen molar-refractivity contribution in [2.75, 3.05) is 13.2 Å². The van der Waals surface area contributed by atoms with Gasteiger partial charge in [-0.1, -0.05) is 11.8 Å². The van der Waals surface area contributed by atoms with Crippen LogP contribution in [0.15, 0.2) is 21.5 Å². The van der Waals surface area contributed by atoms with Crippen LogP contribution < -0.4 is 5.43 Å². The van der Waals surface area contributed by atoms with Crippen LogP contribution in [-0.4, -0.2) is 24.6 Å². The second kappa shape index (κ2) is 7.10. The summed E-state index contributed by atoms with van der Waals surface area (Å²) in [7, 11) is 0. The molecular formula is C14H16O5. The van der Waals surface area contributed by atoms with Crippen LogP contribution in [0.5, 0.6) is 0 Å². The summed E-state index contributed by atoms with van der Waals surface area (Å²) in [5.74, 6) is 5.37. The van der Waals surface area contributed by atoms with Gasteiger partial charge < -0.3 is 19.0 Å². The van der Waals surface area contributed by atoms with E-state index < -0.39 is 0 Å². The number of ether oxygens (including phenoxy) is 2. The maximum atomic E-state index is 11.7. The van der Waals surface area contributed by atoms with Crippen molar-refractivity contribution in [2.45, 2.75) is 32.2 Å². The van der Waals surface area contributed by atoms with E-state index >= 15 is 0 Å². The van der Waals surface area contributed by atoms with E-state index in [4.69, 9.17) is 19.0 Å². The maximum Gasteiger partial charge on any atom is 0.200 e. The maximum absolute atomic E-state index is 11.7. The molecule has 0 aliphatic carbocycles. The molecule has 5 heteroatoms. The van der Waals surface area contributed by atoms with Gasteiger partial charge in [0.25, 0.3) is 0 Å². The molecule has 1 aliphatic rings. The van der Waals surface area contributed by atoms with Crippen molar-refractivity contribution in [3.63, 3.8) is 0 Å². The highest BCUT2D eigenvalue weighted by Crippen LogP contribution is 2.15. The molecule has 0 amide bonds. The third-order valence-electron chi connectivity index (χ3n) is 2.74. The molecule has 19 heavy (non-hydrogen) atoms. The molecule has 2 rings (SSSR count). The van der Waals surface area contributed by atoms with Gasteiger partial charge in [0.15, 0.2) is 6.29 Å². The van der Waals surface area contributed by atoms with Gasteiger partial charge in [-0.25, -0.2) is 0 Å². The fourth-order valence-corrected chi connectivity index (χ4v) is 1.77. The lowest BCUT2D eigenvalue weighted by Gasteiger charge is -2.22. The predicted octanol–water partition coefficient (Wildman–Crippen LogP) is 1.03. The molecular weight excluding hydrogens is 248 g/mol. The highest BCUT2D eigenvalue weighted by molar-refractivity contribution is 5.31. The van der Waals surface area contributed by atoms with Crippen LogP contribution in [-0.2, 0) is 16.1 Å². The molecule has 0 bridgehead atoms. The summed E-state index contributed by atoms with van der Waals surface area (Å²) in [6.07, 6.45) is 4.08. The van der Waals surface area contributed by atoms with Crippen molar-refractivity contribution < 1.29 is 19.0 Å². The Bertz CT molecular complexity index is 517. The summed E-state index contributed by atoms with van der Waals surface area (Å²) >= 11 is 0. The van der Waals surface area contributed by atoms with Crippen molar-refractivity contribution >= 4 is 0 Å². The van der Waals surface area contributed by atoms with Crippen LogP contribution in [0.25, 0.3) is 0 Å². The van der Waals surface area contributed by atoms with E-state index in [-0.39, 0.29) is 30.5 Å². The fourth-order valence-electron chi connectivity index (χ4n) is 1.77. The van der Waals surface area contributed by atoms with Crippen molar-refractivity contribution in [2.24, 2.45) is 0 Å². The summed E-state index contributed by atoms with van der Waals surface area (Å²) in [5, 5.41) is 8.56. The van der Waals surface area contributed by atoms with Gasteiger partial charge in [-0.15, -0.1) is 0 Å². The smallest absolute Gasteiger partial charge is 0.200 e. The van der Waals surface area contributed by atoms with Gasteiger partial charge in [0.2, 0.25) is 5.43 Å². The zero-order valence-electron chi connectivity index (χ0n) is 10.6. The normalized spacial score (nSPS) is 18.7. The average Bonchev–Trinajstić information content (AvgIpc) is 2.45. The molecule has 0 radical (unpaired) electrons. The molecule has 0 saturated carbocycles. The van der Waals surface area contributed by atoms with Gasteiger partial charge in [-0.05, 0) is 19.3 Å². The highest BCUT2D eigenvalue weighted by atomic mass is 16.7. The Morgan fingerprint density at radius 3 is 3.05 bits per heavy atom. The third kappa shape index (κ3) is 4.21. The van der Waals surface area contributed by atoms with Crippen LogP contribution in [0, 0.1) is 11.8 Å². The predicted molar refractivity (Wildman–Crippen MR) is 67.3 cm³/mol. The molecule has 2 heterocycles. The molecule has 0 aromatic carbocycles. The topological polar surface area (TPSA) is 68.9 Å². The van der Waals surface area contributed by atoms with E-state index in [1.165, 1.54) is 12.3 Å². The lowest BCUT2D eigenvalue weighted by atomic mass is 10.2. The zero-order chi connectivity index (χ0) is 13.5. The second-order valence-corrected chi connectivity index (χ2v) is 4.19. The van der Waals surface area contributed by atoms with E-state index in [9.17, 15) is 4.79 Å². The largest absolute Gasteiger partial charge is 0.465 e. The number of aliphatic hydroxyl groups is 1. The summed E-state index contributed by atoms with van der Waals surface area (Å²) in [6.45, 7) is 0.626. The van der Waals surface area contributed by atoms with E-state index in [1.807, 2.05) is 0 Å². The quantitative estimate of drug-likeness (QED) is 0.826. The first kappa shape index (κ1) is 13.8. The van der Waals surface area contributed by atoms with E-state index in [0.29, 0.717) is 12.4 Å². The summed E-state index contributed by atoms with van der Waals surface area (Å²) in [4.78, 5) is 11.7. The van der Waals surface area contributed by atoms with E-state index in [0.717, 1.165) is 19.3 Å². The second-order valence-electron chi connectivity index (χ2n) is 4.19. The molecule has 1 aromatic heterocycles. The van der Waals surface area contributed by atoms with Gasteiger partial charge >= 0.3 is 0 Å². The van der Waals surface area contributed by atoms with E-state index in [1.54, 1.807) is 0 Å². The standard InChI is InChI=1S/C14H16O5/c15-6-3-4-11-9-18-12(8-13(11)16)10-19-14-5-1-2-7-17-14/h8-9,14-15H,1-2,5-7,10H2. The third-order valence-corrected chi connectivity index (χ3v) is 2.74. The molecule has 0 spiro atoms. The van der Waals surface area contributed by atoms with Crippen molar-refractivity contribution in [1.82, 2.24) is 0 Å². The number of rotatable bonds is 3. The molecule has 1 unspecified atom stereocenters. The molecule has 1 fully saturated rings. The lowest BCUT2D eigenvalue weighted by molar-refractivity contribution is -0.171. The highest BCUT2D eigenvalue weighted by Gasteiger charge is 2.14. The number of hydrogen-bond donors (Lipinski definition) is 1. The SMILES string of the molecule is O=c1cc(COC2CCCCO2)occ1C#CCO. The fraction of sp³-hybridized carbons (Fsp3) is 0.500. The monoisotopic (exact) mass is 264 g/mol. The van der Waals surface area contributed by atoms with E-state index in [2.05, 4.69) is 11.8 Å². The van der Waals surface area contributed by atoms with Gasteiger partial charge in [0.05, 0.1) is 0 Å². The molecule has 1 aromatic rings.